The largest absolute Gasteiger partial charge is 0.497 e. The van der Waals surface area contributed by atoms with Gasteiger partial charge in [0.1, 0.15) is 12.1 Å². The highest BCUT2D eigenvalue weighted by Gasteiger charge is 2.23. The second kappa shape index (κ2) is 8.65. The zero-order chi connectivity index (χ0) is 20.8. The van der Waals surface area contributed by atoms with E-state index in [1.807, 2.05) is 6.92 Å². The highest BCUT2D eigenvalue weighted by Crippen LogP contribution is 2.31. The fourth-order valence-corrected chi connectivity index (χ4v) is 2.47. The van der Waals surface area contributed by atoms with E-state index in [2.05, 4.69) is 26.1 Å². The molecule has 10 heteroatoms. The van der Waals surface area contributed by atoms with Crippen LogP contribution in [0.3, 0.4) is 0 Å². The molecule has 0 radical (unpaired) electrons. The monoisotopic (exact) mass is 394 g/mol. The summed E-state index contributed by atoms with van der Waals surface area (Å²) in [6.45, 7) is 1.90. The van der Waals surface area contributed by atoms with Crippen molar-refractivity contribution in [1.82, 2.24) is 15.4 Å². The fraction of sp³-hybridized carbons (Fsp3) is 0.105. The predicted octanol–water partition coefficient (Wildman–Crippen LogP) is 3.20. The minimum atomic E-state index is -0.636. The maximum atomic E-state index is 12.2. The zero-order valence-electron chi connectivity index (χ0n) is 15.7. The molecule has 0 aliphatic rings. The molecule has 0 saturated heterocycles. The van der Waals surface area contributed by atoms with Gasteiger partial charge in [0.15, 0.2) is 0 Å². The molecule has 0 aliphatic carbocycles. The van der Waals surface area contributed by atoms with Gasteiger partial charge in [-0.05, 0) is 31.2 Å². The molecule has 0 fully saturated rings. The summed E-state index contributed by atoms with van der Waals surface area (Å²) in [5, 5.41) is 14.5. The van der Waals surface area contributed by atoms with Crippen LogP contribution in [0.4, 0.5) is 23.0 Å². The van der Waals surface area contributed by atoms with E-state index in [1.54, 1.807) is 48.5 Å². The Morgan fingerprint density at radius 2 is 1.83 bits per heavy atom. The number of methoxy groups -OCH3 is 1. The normalized spacial score (nSPS) is 10.1. The van der Waals surface area contributed by atoms with Crippen molar-refractivity contribution in [3.63, 3.8) is 0 Å². The molecule has 3 N–H and O–H groups in total. The summed E-state index contributed by atoms with van der Waals surface area (Å²) in [5.41, 5.74) is 6.44. The molecule has 0 bridgehead atoms. The molecule has 0 spiro atoms. The van der Waals surface area contributed by atoms with Crippen molar-refractivity contribution in [1.29, 1.82) is 0 Å². The average molecular weight is 394 g/mol. The summed E-state index contributed by atoms with van der Waals surface area (Å²) in [4.78, 5) is 31.0. The maximum Gasteiger partial charge on any atom is 0.355 e. The van der Waals surface area contributed by atoms with Gasteiger partial charge in [-0.2, -0.15) is 0 Å². The molecule has 3 rings (SSSR count). The van der Waals surface area contributed by atoms with Gasteiger partial charge in [0.25, 0.3) is 5.91 Å². The number of hydrogen-bond acceptors (Lipinski definition) is 8. The van der Waals surface area contributed by atoms with Crippen molar-refractivity contribution in [3.8, 4) is 5.75 Å². The first-order chi connectivity index (χ1) is 14.0. The number of aryl methyl sites for hydroxylation is 1. The van der Waals surface area contributed by atoms with Gasteiger partial charge < -0.3 is 10.1 Å². The van der Waals surface area contributed by atoms with Crippen LogP contribution < -0.4 is 20.9 Å². The number of aromatic nitrogens is 2. The van der Waals surface area contributed by atoms with Gasteiger partial charge in [-0.3, -0.25) is 25.8 Å². The lowest BCUT2D eigenvalue weighted by atomic mass is 10.1. The fourth-order valence-electron chi connectivity index (χ4n) is 2.47. The number of anilines is 3. The average Bonchev–Trinajstić information content (AvgIpc) is 2.72. The van der Waals surface area contributed by atoms with E-state index in [0.717, 1.165) is 11.9 Å². The molecule has 0 saturated carbocycles. The Labute approximate surface area is 166 Å². The third-order valence-electron chi connectivity index (χ3n) is 3.95. The molecule has 0 atom stereocenters. The number of nitrogens with one attached hydrogen (secondary N) is 3. The summed E-state index contributed by atoms with van der Waals surface area (Å²) in [7, 11) is 1.52. The molecular formula is C19H18N6O4. The van der Waals surface area contributed by atoms with Crippen molar-refractivity contribution in [2.75, 3.05) is 17.9 Å². The van der Waals surface area contributed by atoms with Crippen molar-refractivity contribution in [2.24, 2.45) is 0 Å². The van der Waals surface area contributed by atoms with E-state index in [1.165, 1.54) is 7.11 Å². The second-order valence-corrected chi connectivity index (χ2v) is 5.98. The van der Waals surface area contributed by atoms with Crippen LogP contribution in [-0.4, -0.2) is 27.9 Å². The maximum absolute atomic E-state index is 12.2. The van der Waals surface area contributed by atoms with E-state index < -0.39 is 16.5 Å². The molecule has 0 unspecified atom stereocenters. The Kier molecular flexibility index (Phi) is 5.83. The van der Waals surface area contributed by atoms with Gasteiger partial charge in [-0.1, -0.05) is 23.8 Å². The molecule has 1 aromatic heterocycles. The Morgan fingerprint density at radius 1 is 1.10 bits per heavy atom. The number of nitro groups is 1. The number of nitrogens with zero attached hydrogens (tertiary/aromatic N) is 3. The number of rotatable bonds is 7. The number of amides is 1. The van der Waals surface area contributed by atoms with E-state index in [9.17, 15) is 14.9 Å². The van der Waals surface area contributed by atoms with Crippen molar-refractivity contribution < 1.29 is 14.5 Å². The lowest BCUT2D eigenvalue weighted by Crippen LogP contribution is -2.30. The summed E-state index contributed by atoms with van der Waals surface area (Å²) < 4.78 is 5.14. The van der Waals surface area contributed by atoms with Gasteiger partial charge in [0, 0.05) is 17.3 Å². The van der Waals surface area contributed by atoms with Crippen LogP contribution in [-0.2, 0) is 0 Å². The third-order valence-corrected chi connectivity index (χ3v) is 3.95. The molecule has 2 aromatic carbocycles. The highest BCUT2D eigenvalue weighted by molar-refractivity contribution is 5.95. The molecule has 1 amide bonds. The molecule has 29 heavy (non-hydrogen) atoms. The minimum Gasteiger partial charge on any atom is -0.497 e. The highest BCUT2D eigenvalue weighted by atomic mass is 16.6. The molecule has 1 heterocycles. The number of ether oxygens (including phenoxy) is 1. The zero-order valence-corrected chi connectivity index (χ0v) is 15.7. The quantitative estimate of drug-likeness (QED) is 0.411. The molecule has 3 aromatic rings. The van der Waals surface area contributed by atoms with Gasteiger partial charge in [0.2, 0.25) is 11.6 Å². The Hall–Kier alpha value is -4.21. The van der Waals surface area contributed by atoms with Crippen LogP contribution in [0, 0.1) is 17.0 Å². The van der Waals surface area contributed by atoms with Crippen LogP contribution in [0.1, 0.15) is 15.9 Å². The summed E-state index contributed by atoms with van der Waals surface area (Å²) in [5.74, 6) is -0.0724. The van der Waals surface area contributed by atoms with Gasteiger partial charge >= 0.3 is 5.69 Å². The second-order valence-electron chi connectivity index (χ2n) is 5.98. The van der Waals surface area contributed by atoms with Crippen LogP contribution in [0.25, 0.3) is 0 Å². The van der Waals surface area contributed by atoms with E-state index in [-0.39, 0.29) is 11.6 Å². The van der Waals surface area contributed by atoms with E-state index >= 15 is 0 Å². The van der Waals surface area contributed by atoms with Crippen LogP contribution >= 0.6 is 0 Å². The Balaban J connectivity index is 1.81. The molecule has 148 valence electrons. The van der Waals surface area contributed by atoms with Crippen molar-refractivity contribution >= 4 is 28.9 Å². The SMILES string of the molecule is COc1cccc(Nc2ncnc(NNC(=O)c3ccc(C)cc3)c2[N+](=O)[O-])c1. The summed E-state index contributed by atoms with van der Waals surface area (Å²) >= 11 is 0. The molecule has 0 aliphatic heterocycles. The first kappa shape index (κ1) is 19.5. The standard InChI is InChI=1S/C19H18N6O4/c1-12-6-8-13(9-7-12)19(26)24-23-18-16(25(27)28)17(20-11-21-18)22-14-4-3-5-15(10-14)29-2/h3-11H,1-2H3,(H,24,26)(H2,20,21,22,23). The van der Waals surface area contributed by atoms with E-state index in [0.29, 0.717) is 17.0 Å². The van der Waals surface area contributed by atoms with Gasteiger partial charge in [0.05, 0.1) is 12.0 Å². The number of hydrogen-bond donors (Lipinski definition) is 3. The number of carbonyl (C=O) groups is 1. The van der Waals surface area contributed by atoms with Crippen molar-refractivity contribution in [2.45, 2.75) is 6.92 Å². The van der Waals surface area contributed by atoms with Crippen LogP contribution in [0.5, 0.6) is 5.75 Å². The third kappa shape index (κ3) is 4.75. The summed E-state index contributed by atoms with van der Waals surface area (Å²) in [6, 6.07) is 13.7. The summed E-state index contributed by atoms with van der Waals surface area (Å²) in [6.07, 6.45) is 1.15. The smallest absolute Gasteiger partial charge is 0.355 e. The Morgan fingerprint density at radius 3 is 2.52 bits per heavy atom. The topological polar surface area (TPSA) is 131 Å². The first-order valence-corrected chi connectivity index (χ1v) is 8.51. The predicted molar refractivity (Wildman–Crippen MR) is 107 cm³/mol. The molecule has 10 nitrogen and oxygen atoms in total. The van der Waals surface area contributed by atoms with Gasteiger partial charge in [-0.15, -0.1) is 0 Å². The van der Waals surface area contributed by atoms with Crippen LogP contribution in [0.2, 0.25) is 0 Å². The van der Waals surface area contributed by atoms with Crippen molar-refractivity contribution in [3.05, 3.63) is 76.1 Å². The van der Waals surface area contributed by atoms with Crippen LogP contribution in [0.15, 0.2) is 54.9 Å². The lowest BCUT2D eigenvalue weighted by Gasteiger charge is -2.11. The van der Waals surface area contributed by atoms with E-state index in [4.69, 9.17) is 4.74 Å². The van der Waals surface area contributed by atoms with Gasteiger partial charge in [-0.25, -0.2) is 9.97 Å². The first-order valence-electron chi connectivity index (χ1n) is 8.51. The Bertz CT molecular complexity index is 1040. The minimum absolute atomic E-state index is 0.0367. The lowest BCUT2D eigenvalue weighted by molar-refractivity contribution is -0.383. The molecular weight excluding hydrogens is 376 g/mol. The number of carbonyl (C=O) groups excluding carboxylic acids is 1. The number of benzene rings is 2. The number of hydrazine groups is 1.